The zero-order chi connectivity index (χ0) is 22.7. The van der Waals surface area contributed by atoms with E-state index < -0.39 is 11.7 Å². The lowest BCUT2D eigenvalue weighted by atomic mass is 10.1. The van der Waals surface area contributed by atoms with Crippen molar-refractivity contribution in [2.75, 3.05) is 5.32 Å². The topological polar surface area (TPSA) is 71.3 Å². The normalized spacial score (nSPS) is 11.5. The molecule has 0 spiro atoms. The van der Waals surface area contributed by atoms with Gasteiger partial charge in [-0.2, -0.15) is 5.10 Å². The van der Waals surface area contributed by atoms with Crippen LogP contribution in [0.5, 0.6) is 0 Å². The minimum atomic E-state index is -0.435. The van der Waals surface area contributed by atoms with Crippen LogP contribution in [0.25, 0.3) is 0 Å². The van der Waals surface area contributed by atoms with E-state index >= 15 is 0 Å². The highest BCUT2D eigenvalue weighted by atomic mass is 19.1. The SMILES string of the molecule is Cc1ccc(C(=O)NC(=NCc2c(C)nn(C)c2C)Nc2cccc(C)c2C)cc1F. The summed E-state index contributed by atoms with van der Waals surface area (Å²) in [6.45, 7) is 9.95. The molecule has 0 aliphatic rings. The van der Waals surface area contributed by atoms with Crippen molar-refractivity contribution in [1.29, 1.82) is 0 Å². The lowest BCUT2D eigenvalue weighted by Gasteiger charge is -2.15. The van der Waals surface area contributed by atoms with Gasteiger partial charge in [0.1, 0.15) is 5.82 Å². The number of hydrogen-bond acceptors (Lipinski definition) is 3. The molecule has 6 nitrogen and oxygen atoms in total. The summed E-state index contributed by atoms with van der Waals surface area (Å²) < 4.78 is 15.8. The fourth-order valence-electron chi connectivity index (χ4n) is 3.24. The van der Waals surface area contributed by atoms with Crippen LogP contribution in [-0.4, -0.2) is 21.6 Å². The van der Waals surface area contributed by atoms with Crippen molar-refractivity contribution >= 4 is 17.6 Å². The molecule has 3 rings (SSSR count). The maximum absolute atomic E-state index is 13.9. The predicted octanol–water partition coefficient (Wildman–Crippen LogP) is 4.50. The summed E-state index contributed by atoms with van der Waals surface area (Å²) in [7, 11) is 1.89. The quantitative estimate of drug-likeness (QED) is 0.481. The van der Waals surface area contributed by atoms with Crippen molar-refractivity contribution in [3.05, 3.63) is 81.4 Å². The fraction of sp³-hybridized carbons (Fsp3) is 0.292. The van der Waals surface area contributed by atoms with Gasteiger partial charge in [0.2, 0.25) is 5.96 Å². The molecule has 0 radical (unpaired) electrons. The molecule has 0 aliphatic carbocycles. The van der Waals surface area contributed by atoms with Gasteiger partial charge in [0, 0.05) is 29.6 Å². The highest BCUT2D eigenvalue weighted by Gasteiger charge is 2.14. The third-order valence-corrected chi connectivity index (χ3v) is 5.58. The van der Waals surface area contributed by atoms with Crippen LogP contribution in [0.3, 0.4) is 0 Å². The number of anilines is 1. The molecule has 0 unspecified atom stereocenters. The Morgan fingerprint density at radius 1 is 1.10 bits per heavy atom. The molecule has 2 N–H and O–H groups in total. The first-order chi connectivity index (χ1) is 14.7. The van der Waals surface area contributed by atoms with Gasteiger partial charge in [-0.3, -0.25) is 14.8 Å². The van der Waals surface area contributed by atoms with E-state index in [-0.39, 0.29) is 5.56 Å². The second-order valence-electron chi connectivity index (χ2n) is 7.73. The number of aryl methyl sites for hydroxylation is 4. The average molecular weight is 422 g/mol. The van der Waals surface area contributed by atoms with Gasteiger partial charge in [0.15, 0.2) is 0 Å². The lowest BCUT2D eigenvalue weighted by Crippen LogP contribution is -2.36. The molecule has 0 fully saturated rings. The molecule has 0 aliphatic heterocycles. The van der Waals surface area contributed by atoms with Gasteiger partial charge < -0.3 is 5.32 Å². The molecule has 0 bridgehead atoms. The van der Waals surface area contributed by atoms with Crippen LogP contribution in [0.15, 0.2) is 41.4 Å². The highest BCUT2D eigenvalue weighted by molar-refractivity contribution is 6.10. The van der Waals surface area contributed by atoms with Crippen LogP contribution >= 0.6 is 0 Å². The van der Waals surface area contributed by atoms with E-state index in [0.717, 1.165) is 33.8 Å². The number of amides is 1. The Hall–Kier alpha value is -3.48. The molecule has 1 heterocycles. The van der Waals surface area contributed by atoms with Crippen molar-refractivity contribution in [2.24, 2.45) is 12.0 Å². The Labute approximate surface area is 182 Å². The third kappa shape index (κ3) is 4.99. The Bertz CT molecular complexity index is 1160. The van der Waals surface area contributed by atoms with E-state index in [2.05, 4.69) is 20.7 Å². The van der Waals surface area contributed by atoms with Crippen molar-refractivity contribution in [3.8, 4) is 0 Å². The molecular weight excluding hydrogens is 393 g/mol. The van der Waals surface area contributed by atoms with Crippen LogP contribution < -0.4 is 10.6 Å². The number of hydrogen-bond donors (Lipinski definition) is 2. The minimum absolute atomic E-state index is 0.229. The largest absolute Gasteiger partial charge is 0.326 e. The van der Waals surface area contributed by atoms with Gasteiger partial charge in [-0.05, 0) is 69.5 Å². The molecule has 2 aromatic carbocycles. The van der Waals surface area contributed by atoms with Crippen LogP contribution in [0.4, 0.5) is 10.1 Å². The Kier molecular flexibility index (Phi) is 6.53. The average Bonchev–Trinajstić information content (AvgIpc) is 2.96. The summed E-state index contributed by atoms with van der Waals surface area (Å²) in [5, 5.41) is 10.4. The van der Waals surface area contributed by atoms with Crippen molar-refractivity contribution in [2.45, 2.75) is 41.2 Å². The third-order valence-electron chi connectivity index (χ3n) is 5.58. The maximum Gasteiger partial charge on any atom is 0.258 e. The van der Waals surface area contributed by atoms with Crippen LogP contribution in [0.2, 0.25) is 0 Å². The van der Waals surface area contributed by atoms with E-state index in [1.54, 1.807) is 19.1 Å². The summed E-state index contributed by atoms with van der Waals surface area (Å²) in [4.78, 5) is 17.4. The van der Waals surface area contributed by atoms with Gasteiger partial charge in [-0.15, -0.1) is 0 Å². The minimum Gasteiger partial charge on any atom is -0.326 e. The van der Waals surface area contributed by atoms with E-state index in [9.17, 15) is 9.18 Å². The van der Waals surface area contributed by atoms with Gasteiger partial charge in [0.25, 0.3) is 5.91 Å². The van der Waals surface area contributed by atoms with E-state index in [4.69, 9.17) is 0 Å². The summed E-state index contributed by atoms with van der Waals surface area (Å²) in [5.74, 6) is -0.562. The van der Waals surface area contributed by atoms with Gasteiger partial charge in [-0.25, -0.2) is 9.38 Å². The number of guanidine groups is 1. The number of rotatable bonds is 4. The standard InChI is InChI=1S/C24H28FN5O/c1-14-8-7-9-22(16(14)3)27-24(26-13-20-17(4)29-30(6)18(20)5)28-23(31)19-11-10-15(2)21(25)12-19/h7-12H,13H2,1-6H3,(H2,26,27,28,31). The lowest BCUT2D eigenvalue weighted by molar-refractivity contribution is 0.0976. The number of benzene rings is 2. The van der Waals surface area contributed by atoms with Gasteiger partial charge in [-0.1, -0.05) is 18.2 Å². The highest BCUT2D eigenvalue weighted by Crippen LogP contribution is 2.19. The molecule has 162 valence electrons. The first kappa shape index (κ1) is 22.2. The summed E-state index contributed by atoms with van der Waals surface area (Å²) >= 11 is 0. The van der Waals surface area contributed by atoms with Crippen molar-refractivity contribution in [3.63, 3.8) is 0 Å². The van der Waals surface area contributed by atoms with Crippen molar-refractivity contribution in [1.82, 2.24) is 15.1 Å². The zero-order valence-electron chi connectivity index (χ0n) is 18.8. The number of carbonyl (C=O) groups excluding carboxylic acids is 1. The molecule has 7 heteroatoms. The predicted molar refractivity (Wildman–Crippen MR) is 122 cm³/mol. The second kappa shape index (κ2) is 9.12. The van der Waals surface area contributed by atoms with Gasteiger partial charge >= 0.3 is 0 Å². The zero-order valence-corrected chi connectivity index (χ0v) is 18.8. The number of aromatic nitrogens is 2. The number of nitrogens with one attached hydrogen (secondary N) is 2. The van der Waals surface area contributed by atoms with E-state index in [1.807, 2.05) is 57.6 Å². The van der Waals surface area contributed by atoms with Crippen LogP contribution in [0, 0.1) is 40.4 Å². The number of carbonyl (C=O) groups is 1. The van der Waals surface area contributed by atoms with E-state index in [1.165, 1.54) is 6.07 Å². The molecule has 3 aromatic rings. The van der Waals surface area contributed by atoms with E-state index in [0.29, 0.717) is 18.1 Å². The smallest absolute Gasteiger partial charge is 0.258 e. The Morgan fingerprint density at radius 2 is 1.84 bits per heavy atom. The molecule has 31 heavy (non-hydrogen) atoms. The molecule has 0 saturated heterocycles. The monoisotopic (exact) mass is 421 g/mol. The van der Waals surface area contributed by atoms with Crippen LogP contribution in [-0.2, 0) is 13.6 Å². The molecule has 0 atom stereocenters. The van der Waals surface area contributed by atoms with Gasteiger partial charge in [0.05, 0.1) is 12.2 Å². The fourth-order valence-corrected chi connectivity index (χ4v) is 3.24. The number of aliphatic imine (C=N–C) groups is 1. The Balaban J connectivity index is 1.91. The van der Waals surface area contributed by atoms with Crippen molar-refractivity contribution < 1.29 is 9.18 Å². The number of halogens is 1. The summed E-state index contributed by atoms with van der Waals surface area (Å²) in [5.41, 5.74) is 6.64. The maximum atomic E-state index is 13.9. The molecule has 0 saturated carbocycles. The van der Waals surface area contributed by atoms with Crippen LogP contribution in [0.1, 0.15) is 44.0 Å². The summed E-state index contributed by atoms with van der Waals surface area (Å²) in [6, 6.07) is 10.3. The molecular formula is C24H28FN5O. The Morgan fingerprint density at radius 3 is 2.48 bits per heavy atom. The summed E-state index contributed by atoms with van der Waals surface area (Å²) in [6.07, 6.45) is 0. The first-order valence-electron chi connectivity index (χ1n) is 10.1. The molecule has 1 amide bonds. The number of nitrogens with zero attached hydrogens (tertiary/aromatic N) is 3. The molecule has 1 aromatic heterocycles. The first-order valence-corrected chi connectivity index (χ1v) is 10.1. The second-order valence-corrected chi connectivity index (χ2v) is 7.73.